The summed E-state index contributed by atoms with van der Waals surface area (Å²) in [5, 5.41) is 5.91. The fourth-order valence-corrected chi connectivity index (χ4v) is 4.88. The Hall–Kier alpha value is -0.660. The predicted octanol–water partition coefficient (Wildman–Crippen LogP) is -0.245. The minimum absolute atomic E-state index is 0.00284. The van der Waals surface area contributed by atoms with Crippen LogP contribution in [-0.2, 0) is 14.6 Å². The van der Waals surface area contributed by atoms with Gasteiger partial charge in [0.15, 0.2) is 9.84 Å². The van der Waals surface area contributed by atoms with Gasteiger partial charge < -0.3 is 10.6 Å². The summed E-state index contributed by atoms with van der Waals surface area (Å²) < 4.78 is 24.1. The molecule has 2 N–H and O–H groups in total. The summed E-state index contributed by atoms with van der Waals surface area (Å²) in [6, 6.07) is 0. The van der Waals surface area contributed by atoms with Crippen LogP contribution in [0.4, 0.5) is 0 Å². The second-order valence-corrected chi connectivity index (χ2v) is 8.37. The Morgan fingerprint density at radius 1 is 1.19 bits per heavy atom. The van der Waals surface area contributed by atoms with Crippen molar-refractivity contribution in [3.63, 3.8) is 0 Å². The number of rotatable bonds is 7. The fourth-order valence-electron chi connectivity index (χ4n) is 3.03. The highest BCUT2D eigenvalue weighted by Gasteiger charge is 2.28. The molecule has 2 aliphatic rings. The Kier molecular flexibility index (Phi) is 6.44. The van der Waals surface area contributed by atoms with Gasteiger partial charge in [0.2, 0.25) is 5.91 Å². The molecular weight excluding hydrogens is 290 g/mol. The van der Waals surface area contributed by atoms with E-state index in [9.17, 15) is 13.2 Å². The number of carbonyl (C=O) groups excluding carboxylic acids is 1. The molecule has 1 aliphatic heterocycles. The van der Waals surface area contributed by atoms with Crippen LogP contribution in [0.5, 0.6) is 0 Å². The van der Waals surface area contributed by atoms with E-state index in [0.717, 1.165) is 58.4 Å². The van der Waals surface area contributed by atoms with E-state index >= 15 is 0 Å². The normalized spacial score (nSPS) is 21.5. The zero-order valence-corrected chi connectivity index (χ0v) is 13.5. The Balaban J connectivity index is 1.60. The summed E-state index contributed by atoms with van der Waals surface area (Å²) in [6.45, 7) is 5.43. The fraction of sp³-hybridized carbons (Fsp3) is 0.929. The largest absolute Gasteiger partial charge is 0.355 e. The van der Waals surface area contributed by atoms with E-state index in [-0.39, 0.29) is 23.3 Å². The van der Waals surface area contributed by atoms with Crippen molar-refractivity contribution in [3.05, 3.63) is 0 Å². The number of nitrogens with one attached hydrogen (secondary N) is 2. The molecule has 1 saturated carbocycles. The number of sulfone groups is 1. The van der Waals surface area contributed by atoms with E-state index in [1.807, 2.05) is 0 Å². The summed E-state index contributed by atoms with van der Waals surface area (Å²) >= 11 is 0. The van der Waals surface area contributed by atoms with Gasteiger partial charge in [-0.2, -0.15) is 0 Å². The quantitative estimate of drug-likeness (QED) is 0.677. The molecule has 122 valence electrons. The van der Waals surface area contributed by atoms with Crippen molar-refractivity contribution in [2.75, 3.05) is 45.0 Å². The molecule has 6 nitrogen and oxygen atoms in total. The number of amides is 1. The van der Waals surface area contributed by atoms with Gasteiger partial charge in [-0.3, -0.25) is 9.69 Å². The van der Waals surface area contributed by atoms with Gasteiger partial charge in [-0.1, -0.05) is 12.8 Å². The summed E-state index contributed by atoms with van der Waals surface area (Å²) in [4.78, 5) is 14.0. The van der Waals surface area contributed by atoms with Gasteiger partial charge in [0.1, 0.15) is 0 Å². The predicted molar refractivity (Wildman–Crippen MR) is 83.0 cm³/mol. The molecule has 0 radical (unpaired) electrons. The van der Waals surface area contributed by atoms with Crippen LogP contribution in [0, 0.1) is 0 Å². The highest BCUT2D eigenvalue weighted by molar-refractivity contribution is 7.92. The maximum atomic E-state index is 12.1. The first-order valence-corrected chi connectivity index (χ1v) is 9.71. The van der Waals surface area contributed by atoms with Crippen LogP contribution >= 0.6 is 0 Å². The van der Waals surface area contributed by atoms with E-state index in [0.29, 0.717) is 6.54 Å². The Bertz CT molecular complexity index is 427. The maximum Gasteiger partial charge on any atom is 0.221 e. The van der Waals surface area contributed by atoms with Crippen LogP contribution in [-0.4, -0.2) is 69.5 Å². The third kappa shape index (κ3) is 5.56. The SMILES string of the molecule is O=C(CCS(=O)(=O)C1CCCC1)NCCN1CCNCC1. The van der Waals surface area contributed by atoms with Gasteiger partial charge in [-0.15, -0.1) is 0 Å². The van der Waals surface area contributed by atoms with Crippen molar-refractivity contribution in [2.45, 2.75) is 37.4 Å². The standard InChI is InChI=1S/C14H27N3O3S/c18-14(16-8-11-17-9-6-15-7-10-17)5-12-21(19,20)13-3-1-2-4-13/h13,15H,1-12H2,(H,16,18). The van der Waals surface area contributed by atoms with E-state index < -0.39 is 9.84 Å². The first-order chi connectivity index (χ1) is 10.1. The van der Waals surface area contributed by atoms with Crippen LogP contribution < -0.4 is 10.6 Å². The molecule has 2 rings (SSSR count). The summed E-state index contributed by atoms with van der Waals surface area (Å²) in [5.41, 5.74) is 0. The average molecular weight is 317 g/mol. The Morgan fingerprint density at radius 2 is 1.86 bits per heavy atom. The van der Waals surface area contributed by atoms with Gasteiger partial charge in [0, 0.05) is 45.7 Å². The lowest BCUT2D eigenvalue weighted by Crippen LogP contribution is -2.46. The summed E-state index contributed by atoms with van der Waals surface area (Å²) in [6.07, 6.45) is 3.64. The monoisotopic (exact) mass is 317 g/mol. The Morgan fingerprint density at radius 3 is 2.52 bits per heavy atom. The topological polar surface area (TPSA) is 78.5 Å². The second kappa shape index (κ2) is 8.10. The molecule has 0 spiro atoms. The minimum atomic E-state index is -3.08. The van der Waals surface area contributed by atoms with Crippen LogP contribution in [0.15, 0.2) is 0 Å². The van der Waals surface area contributed by atoms with Crippen LogP contribution in [0.3, 0.4) is 0 Å². The molecular formula is C14H27N3O3S. The lowest BCUT2D eigenvalue weighted by Gasteiger charge is -2.27. The second-order valence-electron chi connectivity index (χ2n) is 5.97. The number of carbonyl (C=O) groups is 1. The number of hydrogen-bond acceptors (Lipinski definition) is 5. The molecule has 1 heterocycles. The molecule has 0 unspecified atom stereocenters. The molecule has 0 bridgehead atoms. The van der Waals surface area contributed by atoms with E-state index in [2.05, 4.69) is 15.5 Å². The van der Waals surface area contributed by atoms with Crippen LogP contribution in [0.2, 0.25) is 0 Å². The molecule has 1 amide bonds. The van der Waals surface area contributed by atoms with Gasteiger partial charge in [-0.25, -0.2) is 8.42 Å². The number of hydrogen-bond donors (Lipinski definition) is 2. The molecule has 21 heavy (non-hydrogen) atoms. The number of nitrogens with zero attached hydrogens (tertiary/aromatic N) is 1. The van der Waals surface area contributed by atoms with Crippen LogP contribution in [0.1, 0.15) is 32.1 Å². The van der Waals surface area contributed by atoms with Gasteiger partial charge in [-0.05, 0) is 12.8 Å². The molecule has 2 fully saturated rings. The summed E-state index contributed by atoms with van der Waals surface area (Å²) in [5.74, 6) is -0.149. The zero-order chi connectivity index (χ0) is 15.1. The van der Waals surface area contributed by atoms with Crippen LogP contribution in [0.25, 0.3) is 0 Å². The Labute approximate surface area is 127 Å². The van der Waals surface area contributed by atoms with Crippen molar-refractivity contribution in [2.24, 2.45) is 0 Å². The molecule has 0 aromatic heterocycles. The molecule has 0 aromatic rings. The van der Waals surface area contributed by atoms with Crippen molar-refractivity contribution in [1.82, 2.24) is 15.5 Å². The number of piperazine rings is 1. The van der Waals surface area contributed by atoms with Crippen molar-refractivity contribution >= 4 is 15.7 Å². The lowest BCUT2D eigenvalue weighted by atomic mass is 10.3. The maximum absolute atomic E-state index is 12.1. The van der Waals surface area contributed by atoms with E-state index in [1.165, 1.54) is 0 Å². The van der Waals surface area contributed by atoms with Crippen molar-refractivity contribution < 1.29 is 13.2 Å². The average Bonchev–Trinajstić information content (AvgIpc) is 3.01. The van der Waals surface area contributed by atoms with Crippen molar-refractivity contribution in [1.29, 1.82) is 0 Å². The molecule has 0 atom stereocenters. The third-order valence-corrected chi connectivity index (χ3v) is 6.64. The molecule has 1 saturated heterocycles. The summed E-state index contributed by atoms with van der Waals surface area (Å²) in [7, 11) is -3.08. The molecule has 7 heteroatoms. The van der Waals surface area contributed by atoms with E-state index in [4.69, 9.17) is 0 Å². The third-order valence-electron chi connectivity index (χ3n) is 4.38. The lowest BCUT2D eigenvalue weighted by molar-refractivity contribution is -0.120. The minimum Gasteiger partial charge on any atom is -0.355 e. The highest BCUT2D eigenvalue weighted by atomic mass is 32.2. The first-order valence-electron chi connectivity index (χ1n) is 7.99. The van der Waals surface area contributed by atoms with E-state index in [1.54, 1.807) is 0 Å². The van der Waals surface area contributed by atoms with Gasteiger partial charge in [0.05, 0.1) is 11.0 Å². The zero-order valence-electron chi connectivity index (χ0n) is 12.6. The first kappa shape index (κ1) is 16.7. The van der Waals surface area contributed by atoms with Crippen molar-refractivity contribution in [3.8, 4) is 0 Å². The van der Waals surface area contributed by atoms with Gasteiger partial charge >= 0.3 is 0 Å². The molecule has 0 aromatic carbocycles. The van der Waals surface area contributed by atoms with Gasteiger partial charge in [0.25, 0.3) is 0 Å². The highest BCUT2D eigenvalue weighted by Crippen LogP contribution is 2.25. The smallest absolute Gasteiger partial charge is 0.221 e. The molecule has 1 aliphatic carbocycles.